The molecule has 4 heteroatoms. The van der Waals surface area contributed by atoms with Gasteiger partial charge in [0.25, 0.3) is 0 Å². The van der Waals surface area contributed by atoms with Crippen molar-refractivity contribution in [1.29, 1.82) is 0 Å². The Morgan fingerprint density at radius 1 is 1.44 bits per heavy atom. The van der Waals surface area contributed by atoms with Gasteiger partial charge in [0, 0.05) is 19.8 Å². The summed E-state index contributed by atoms with van der Waals surface area (Å²) in [5.41, 5.74) is 0.658. The Labute approximate surface area is 113 Å². The second kappa shape index (κ2) is 7.72. The van der Waals surface area contributed by atoms with Crippen LogP contribution in [0, 0.1) is 11.7 Å². The number of ether oxygens (including phenoxy) is 1. The molecule has 18 heavy (non-hydrogen) atoms. The van der Waals surface area contributed by atoms with Crippen molar-refractivity contribution in [2.75, 3.05) is 20.8 Å². The fraction of sp³-hybridized carbons (Fsp3) is 0.571. The summed E-state index contributed by atoms with van der Waals surface area (Å²) in [7, 11) is 3.59. The van der Waals surface area contributed by atoms with Gasteiger partial charge in [-0.15, -0.1) is 0 Å². The lowest BCUT2D eigenvalue weighted by molar-refractivity contribution is 0.171. The highest BCUT2D eigenvalue weighted by Crippen LogP contribution is 2.21. The largest absolute Gasteiger partial charge is 0.385 e. The van der Waals surface area contributed by atoms with Crippen molar-refractivity contribution < 1.29 is 9.13 Å². The lowest BCUT2D eigenvalue weighted by Gasteiger charge is -2.23. The molecule has 2 nitrogen and oxygen atoms in total. The van der Waals surface area contributed by atoms with E-state index in [1.165, 1.54) is 0 Å². The highest BCUT2D eigenvalue weighted by molar-refractivity contribution is 6.30. The molecule has 0 bridgehead atoms. The topological polar surface area (TPSA) is 21.3 Å². The minimum Gasteiger partial charge on any atom is -0.385 e. The summed E-state index contributed by atoms with van der Waals surface area (Å²) >= 11 is 5.79. The average Bonchev–Trinajstić information content (AvgIpc) is 2.37. The Morgan fingerprint density at radius 2 is 2.17 bits per heavy atom. The van der Waals surface area contributed by atoms with E-state index in [4.69, 9.17) is 16.3 Å². The van der Waals surface area contributed by atoms with E-state index in [1.807, 2.05) is 7.05 Å². The maximum Gasteiger partial charge on any atom is 0.145 e. The van der Waals surface area contributed by atoms with Crippen LogP contribution >= 0.6 is 11.6 Å². The van der Waals surface area contributed by atoms with E-state index < -0.39 is 0 Å². The molecule has 0 spiro atoms. The molecule has 0 saturated carbocycles. The smallest absolute Gasteiger partial charge is 0.145 e. The molecule has 1 N–H and O–H groups in total. The van der Waals surface area contributed by atoms with Gasteiger partial charge in [-0.2, -0.15) is 0 Å². The third kappa shape index (κ3) is 4.23. The molecule has 0 saturated heterocycles. The van der Waals surface area contributed by atoms with Crippen LogP contribution in [0.2, 0.25) is 5.02 Å². The van der Waals surface area contributed by atoms with E-state index in [-0.39, 0.29) is 16.9 Å². The van der Waals surface area contributed by atoms with Crippen molar-refractivity contribution in [2.45, 2.75) is 25.8 Å². The van der Waals surface area contributed by atoms with Gasteiger partial charge < -0.3 is 10.1 Å². The van der Waals surface area contributed by atoms with E-state index in [0.29, 0.717) is 17.9 Å². The molecule has 0 aromatic heterocycles. The molecule has 0 radical (unpaired) electrons. The van der Waals surface area contributed by atoms with Crippen LogP contribution in [0.4, 0.5) is 4.39 Å². The molecule has 0 aliphatic rings. The minimum absolute atomic E-state index is 0.187. The summed E-state index contributed by atoms with van der Waals surface area (Å²) in [4.78, 5) is 0. The van der Waals surface area contributed by atoms with Crippen molar-refractivity contribution in [3.63, 3.8) is 0 Å². The number of nitrogens with one attached hydrogen (secondary N) is 1. The molecule has 1 aromatic rings. The first-order valence-electron chi connectivity index (χ1n) is 6.19. The molecule has 1 rings (SSSR count). The fourth-order valence-electron chi connectivity index (χ4n) is 2.04. The molecule has 1 aromatic carbocycles. The van der Waals surface area contributed by atoms with Crippen LogP contribution in [-0.4, -0.2) is 26.8 Å². The first kappa shape index (κ1) is 15.4. The Bertz CT molecular complexity index is 373. The maximum absolute atomic E-state index is 13.8. The van der Waals surface area contributed by atoms with Gasteiger partial charge in [0.1, 0.15) is 5.82 Å². The molecule has 0 aliphatic carbocycles. The first-order chi connectivity index (χ1) is 8.60. The zero-order valence-corrected chi connectivity index (χ0v) is 11.9. The van der Waals surface area contributed by atoms with Crippen molar-refractivity contribution in [2.24, 2.45) is 5.92 Å². The van der Waals surface area contributed by atoms with Gasteiger partial charge in [0.2, 0.25) is 0 Å². The summed E-state index contributed by atoms with van der Waals surface area (Å²) in [6.45, 7) is 2.86. The van der Waals surface area contributed by atoms with E-state index >= 15 is 0 Å². The average molecular weight is 274 g/mol. The van der Waals surface area contributed by atoms with E-state index in [1.54, 1.807) is 25.3 Å². The van der Waals surface area contributed by atoms with Crippen LogP contribution in [0.5, 0.6) is 0 Å². The monoisotopic (exact) mass is 273 g/mol. The second-order valence-corrected chi connectivity index (χ2v) is 4.98. The van der Waals surface area contributed by atoms with Crippen LogP contribution in [0.25, 0.3) is 0 Å². The number of rotatable bonds is 7. The standard InChI is InChI=1S/C14H21ClFNO/c1-10(7-8-18-3)13(17-2)9-11-5-4-6-12(15)14(11)16/h4-6,10,13,17H,7-9H2,1-3H3. The molecule has 2 unspecified atom stereocenters. The summed E-state index contributed by atoms with van der Waals surface area (Å²) in [6, 6.07) is 5.36. The normalized spacial score (nSPS) is 14.5. The predicted molar refractivity (Wildman–Crippen MR) is 73.6 cm³/mol. The van der Waals surface area contributed by atoms with Crippen LogP contribution in [-0.2, 0) is 11.2 Å². The summed E-state index contributed by atoms with van der Waals surface area (Å²) in [5, 5.41) is 3.43. The van der Waals surface area contributed by atoms with Gasteiger partial charge in [0.15, 0.2) is 0 Å². The van der Waals surface area contributed by atoms with E-state index in [2.05, 4.69) is 12.2 Å². The quantitative estimate of drug-likeness (QED) is 0.823. The summed E-state index contributed by atoms with van der Waals surface area (Å²) in [6.07, 6.45) is 1.58. The SMILES string of the molecule is CNC(Cc1cccc(Cl)c1F)C(C)CCOC. The van der Waals surface area contributed by atoms with Gasteiger partial charge >= 0.3 is 0 Å². The van der Waals surface area contributed by atoms with Gasteiger partial charge in [0.05, 0.1) is 5.02 Å². The van der Waals surface area contributed by atoms with Gasteiger partial charge in [-0.3, -0.25) is 0 Å². The number of benzene rings is 1. The van der Waals surface area contributed by atoms with Crippen molar-refractivity contribution in [1.82, 2.24) is 5.32 Å². The summed E-state index contributed by atoms with van der Waals surface area (Å²) < 4.78 is 18.9. The number of hydrogen-bond acceptors (Lipinski definition) is 2. The van der Waals surface area contributed by atoms with Gasteiger partial charge in [-0.05, 0) is 37.4 Å². The third-order valence-electron chi connectivity index (χ3n) is 3.31. The minimum atomic E-state index is -0.307. The molecule has 2 atom stereocenters. The Balaban J connectivity index is 2.70. The highest BCUT2D eigenvalue weighted by atomic mass is 35.5. The first-order valence-corrected chi connectivity index (χ1v) is 6.57. The Kier molecular flexibility index (Phi) is 6.61. The zero-order valence-electron chi connectivity index (χ0n) is 11.2. The lowest BCUT2D eigenvalue weighted by Crippen LogP contribution is -2.35. The van der Waals surface area contributed by atoms with Crippen LogP contribution in [0.15, 0.2) is 18.2 Å². The fourth-order valence-corrected chi connectivity index (χ4v) is 2.23. The highest BCUT2D eigenvalue weighted by Gasteiger charge is 2.18. The molecule has 0 amide bonds. The van der Waals surface area contributed by atoms with Crippen LogP contribution in [0.3, 0.4) is 0 Å². The maximum atomic E-state index is 13.8. The molecule has 0 aliphatic heterocycles. The Morgan fingerprint density at radius 3 is 2.78 bits per heavy atom. The molecule has 102 valence electrons. The number of methoxy groups -OCH3 is 1. The number of likely N-dealkylation sites (N-methyl/N-ethyl adjacent to an activating group) is 1. The summed E-state index contributed by atoms with van der Waals surface area (Å²) in [5.74, 6) is 0.103. The van der Waals surface area contributed by atoms with E-state index in [0.717, 1.165) is 13.0 Å². The molecule has 0 fully saturated rings. The Hall–Kier alpha value is -0.640. The van der Waals surface area contributed by atoms with Gasteiger partial charge in [-0.1, -0.05) is 30.7 Å². The van der Waals surface area contributed by atoms with Crippen molar-refractivity contribution in [3.8, 4) is 0 Å². The van der Waals surface area contributed by atoms with Crippen LogP contribution < -0.4 is 5.32 Å². The predicted octanol–water partition coefficient (Wildman–Crippen LogP) is 3.28. The van der Waals surface area contributed by atoms with Crippen molar-refractivity contribution >= 4 is 11.6 Å². The molecular formula is C14H21ClFNO. The van der Waals surface area contributed by atoms with Crippen molar-refractivity contribution in [3.05, 3.63) is 34.6 Å². The second-order valence-electron chi connectivity index (χ2n) is 4.57. The third-order valence-corrected chi connectivity index (χ3v) is 3.60. The lowest BCUT2D eigenvalue weighted by atomic mass is 9.92. The van der Waals surface area contributed by atoms with E-state index in [9.17, 15) is 4.39 Å². The number of halogens is 2. The molecular weight excluding hydrogens is 253 g/mol. The molecule has 0 heterocycles. The van der Waals surface area contributed by atoms with Crippen LogP contribution in [0.1, 0.15) is 18.9 Å². The number of hydrogen-bond donors (Lipinski definition) is 1. The van der Waals surface area contributed by atoms with Gasteiger partial charge in [-0.25, -0.2) is 4.39 Å². The zero-order chi connectivity index (χ0) is 13.5.